The molecule has 0 atom stereocenters. The summed E-state index contributed by atoms with van der Waals surface area (Å²) in [6.07, 6.45) is 0. The van der Waals surface area contributed by atoms with Gasteiger partial charge in [0.25, 0.3) is 5.69 Å². The van der Waals surface area contributed by atoms with Gasteiger partial charge in [-0.2, -0.15) is 0 Å². The molecule has 2 rings (SSSR count). The van der Waals surface area contributed by atoms with Crippen molar-refractivity contribution in [2.75, 3.05) is 7.11 Å². The molecule has 0 heterocycles. The second-order valence-electron chi connectivity index (χ2n) is 5.13. The van der Waals surface area contributed by atoms with E-state index in [-0.39, 0.29) is 12.3 Å². The first kappa shape index (κ1) is 16.5. The van der Waals surface area contributed by atoms with E-state index in [0.29, 0.717) is 16.9 Å². The smallest absolute Gasteiger partial charge is 0.338 e. The summed E-state index contributed by atoms with van der Waals surface area (Å²) in [4.78, 5) is 22.4. The Morgan fingerprint density at radius 2 is 1.87 bits per heavy atom. The number of aryl methyl sites for hydroxylation is 2. The maximum atomic E-state index is 12.1. The lowest BCUT2D eigenvalue weighted by molar-refractivity contribution is -0.385. The number of non-ortho nitro benzene ring substituents is 1. The third-order valence-electron chi connectivity index (χ3n) is 3.58. The van der Waals surface area contributed by atoms with E-state index in [1.54, 1.807) is 12.1 Å². The summed E-state index contributed by atoms with van der Waals surface area (Å²) < 4.78 is 10.4. The summed E-state index contributed by atoms with van der Waals surface area (Å²) in [5.41, 5.74) is 2.88. The summed E-state index contributed by atoms with van der Waals surface area (Å²) >= 11 is 0. The summed E-state index contributed by atoms with van der Waals surface area (Å²) in [5.74, 6) is -0.0508. The second-order valence-corrected chi connectivity index (χ2v) is 5.13. The molecule has 0 spiro atoms. The van der Waals surface area contributed by atoms with Gasteiger partial charge in [0.2, 0.25) is 0 Å². The minimum absolute atomic E-state index is 0.0805. The lowest BCUT2D eigenvalue weighted by atomic mass is 10.1. The zero-order chi connectivity index (χ0) is 17.0. The molecule has 0 aliphatic carbocycles. The SMILES string of the molecule is COc1ccc([N+](=O)[O-])cc1COC(=O)c1ccc(C)c(C)c1. The Hall–Kier alpha value is -2.89. The standard InChI is InChI=1S/C17H17NO5/c1-11-4-5-13(8-12(11)2)17(19)23-10-14-9-15(18(20)21)6-7-16(14)22-3/h4-9H,10H2,1-3H3. The van der Waals surface area contributed by atoms with Crippen molar-refractivity contribution >= 4 is 11.7 Å². The van der Waals surface area contributed by atoms with Crippen molar-refractivity contribution in [1.82, 2.24) is 0 Å². The van der Waals surface area contributed by atoms with Crippen molar-refractivity contribution in [3.63, 3.8) is 0 Å². The number of ether oxygens (including phenoxy) is 2. The molecule has 0 aliphatic heterocycles. The normalized spacial score (nSPS) is 10.2. The first-order valence-electron chi connectivity index (χ1n) is 6.98. The van der Waals surface area contributed by atoms with E-state index < -0.39 is 10.9 Å². The van der Waals surface area contributed by atoms with Crippen molar-refractivity contribution in [2.45, 2.75) is 20.5 Å². The molecule has 0 fully saturated rings. The van der Waals surface area contributed by atoms with Gasteiger partial charge in [0.1, 0.15) is 12.4 Å². The summed E-state index contributed by atoms with van der Waals surface area (Å²) in [6.45, 7) is 3.77. The molecule has 0 bridgehead atoms. The maximum Gasteiger partial charge on any atom is 0.338 e. The number of rotatable bonds is 5. The van der Waals surface area contributed by atoms with Crippen LogP contribution in [0.4, 0.5) is 5.69 Å². The first-order chi connectivity index (χ1) is 10.9. The fraction of sp³-hybridized carbons (Fsp3) is 0.235. The van der Waals surface area contributed by atoms with Crippen molar-refractivity contribution in [3.8, 4) is 5.75 Å². The van der Waals surface area contributed by atoms with Gasteiger partial charge in [-0.25, -0.2) is 4.79 Å². The van der Waals surface area contributed by atoms with Gasteiger partial charge in [-0.3, -0.25) is 10.1 Å². The number of hydrogen-bond acceptors (Lipinski definition) is 5. The van der Waals surface area contributed by atoms with Crippen molar-refractivity contribution in [3.05, 3.63) is 68.8 Å². The van der Waals surface area contributed by atoms with Crippen LogP contribution in [-0.4, -0.2) is 18.0 Å². The fourth-order valence-electron chi connectivity index (χ4n) is 2.09. The molecule has 0 saturated heterocycles. The highest BCUT2D eigenvalue weighted by atomic mass is 16.6. The summed E-state index contributed by atoms with van der Waals surface area (Å²) in [6, 6.07) is 9.45. The predicted molar refractivity (Wildman–Crippen MR) is 84.7 cm³/mol. The van der Waals surface area contributed by atoms with Crippen LogP contribution in [0.3, 0.4) is 0 Å². The van der Waals surface area contributed by atoms with E-state index in [4.69, 9.17) is 9.47 Å². The lowest BCUT2D eigenvalue weighted by Gasteiger charge is -2.10. The average molecular weight is 315 g/mol. The van der Waals surface area contributed by atoms with Gasteiger partial charge in [0, 0.05) is 17.7 Å². The van der Waals surface area contributed by atoms with E-state index in [0.717, 1.165) is 11.1 Å². The van der Waals surface area contributed by atoms with Gasteiger partial charge in [0.15, 0.2) is 0 Å². The number of nitro benzene ring substituents is 1. The highest BCUT2D eigenvalue weighted by Crippen LogP contribution is 2.25. The largest absolute Gasteiger partial charge is 0.496 e. The Balaban J connectivity index is 2.16. The van der Waals surface area contributed by atoms with Gasteiger partial charge in [0.05, 0.1) is 17.6 Å². The monoisotopic (exact) mass is 315 g/mol. The zero-order valence-corrected chi connectivity index (χ0v) is 13.2. The molecule has 0 N–H and O–H groups in total. The van der Waals surface area contributed by atoms with Crippen LogP contribution in [0.25, 0.3) is 0 Å². The average Bonchev–Trinajstić information content (AvgIpc) is 2.54. The van der Waals surface area contributed by atoms with Crippen LogP contribution in [0.2, 0.25) is 0 Å². The Morgan fingerprint density at radius 3 is 2.48 bits per heavy atom. The number of benzene rings is 2. The van der Waals surface area contributed by atoms with Crippen LogP contribution in [0.15, 0.2) is 36.4 Å². The highest BCUT2D eigenvalue weighted by Gasteiger charge is 2.14. The number of esters is 1. The number of nitrogens with zero attached hydrogens (tertiary/aromatic N) is 1. The van der Waals surface area contributed by atoms with Gasteiger partial charge >= 0.3 is 5.97 Å². The molecule has 0 aliphatic rings. The minimum atomic E-state index is -0.506. The molecule has 0 amide bonds. The quantitative estimate of drug-likeness (QED) is 0.479. The van der Waals surface area contributed by atoms with E-state index in [2.05, 4.69) is 0 Å². The topological polar surface area (TPSA) is 78.7 Å². The Bertz CT molecular complexity index is 755. The molecule has 0 radical (unpaired) electrons. The van der Waals surface area contributed by atoms with Crippen molar-refractivity contribution in [1.29, 1.82) is 0 Å². The van der Waals surface area contributed by atoms with Crippen LogP contribution >= 0.6 is 0 Å². The van der Waals surface area contributed by atoms with Crippen molar-refractivity contribution in [2.24, 2.45) is 0 Å². The molecule has 120 valence electrons. The number of nitro groups is 1. The van der Waals surface area contributed by atoms with Crippen LogP contribution in [-0.2, 0) is 11.3 Å². The minimum Gasteiger partial charge on any atom is -0.496 e. The van der Waals surface area contributed by atoms with E-state index in [1.165, 1.54) is 25.3 Å². The van der Waals surface area contributed by atoms with Crippen molar-refractivity contribution < 1.29 is 19.2 Å². The highest BCUT2D eigenvalue weighted by molar-refractivity contribution is 5.89. The molecule has 0 unspecified atom stereocenters. The molecule has 6 heteroatoms. The molecular weight excluding hydrogens is 298 g/mol. The van der Waals surface area contributed by atoms with E-state index in [9.17, 15) is 14.9 Å². The summed E-state index contributed by atoms with van der Waals surface area (Å²) in [5, 5.41) is 10.8. The maximum absolute atomic E-state index is 12.1. The van der Waals surface area contributed by atoms with E-state index in [1.807, 2.05) is 19.9 Å². The second kappa shape index (κ2) is 6.91. The molecular formula is C17H17NO5. The van der Waals surface area contributed by atoms with Crippen LogP contribution in [0.5, 0.6) is 5.75 Å². The third-order valence-corrected chi connectivity index (χ3v) is 3.58. The Kier molecular flexibility index (Phi) is 4.95. The molecule has 2 aromatic rings. The number of hydrogen-bond donors (Lipinski definition) is 0. The fourth-order valence-corrected chi connectivity index (χ4v) is 2.09. The predicted octanol–water partition coefficient (Wildman–Crippen LogP) is 3.58. The van der Waals surface area contributed by atoms with Gasteiger partial charge < -0.3 is 9.47 Å². The third kappa shape index (κ3) is 3.85. The molecule has 2 aromatic carbocycles. The van der Waals surface area contributed by atoms with Gasteiger partial charge in [-0.05, 0) is 43.2 Å². The molecule has 6 nitrogen and oxygen atoms in total. The number of carbonyl (C=O) groups excluding carboxylic acids is 1. The van der Waals surface area contributed by atoms with Crippen LogP contribution in [0.1, 0.15) is 27.0 Å². The Labute approximate surface area is 133 Å². The van der Waals surface area contributed by atoms with E-state index >= 15 is 0 Å². The number of carbonyl (C=O) groups is 1. The number of methoxy groups -OCH3 is 1. The van der Waals surface area contributed by atoms with Gasteiger partial charge in [-0.15, -0.1) is 0 Å². The summed E-state index contributed by atoms with van der Waals surface area (Å²) in [7, 11) is 1.45. The molecule has 0 aromatic heterocycles. The van der Waals surface area contributed by atoms with Crippen LogP contribution < -0.4 is 4.74 Å². The zero-order valence-electron chi connectivity index (χ0n) is 13.2. The van der Waals surface area contributed by atoms with Crippen LogP contribution in [0, 0.1) is 24.0 Å². The Morgan fingerprint density at radius 1 is 1.13 bits per heavy atom. The van der Waals surface area contributed by atoms with Gasteiger partial charge in [-0.1, -0.05) is 6.07 Å². The molecule has 23 heavy (non-hydrogen) atoms. The molecule has 0 saturated carbocycles. The first-order valence-corrected chi connectivity index (χ1v) is 6.98. The lowest BCUT2D eigenvalue weighted by Crippen LogP contribution is -2.07.